The predicted molar refractivity (Wildman–Crippen MR) is 59.2 cm³/mol. The lowest BCUT2D eigenvalue weighted by molar-refractivity contribution is -0.139. The number of hydrogen-bond donors (Lipinski definition) is 2. The molecular weight excluding hydrogens is 228 g/mol. The molecular formula is C10H10N2O3S. The topological polar surface area (TPSA) is 79.3 Å². The molecule has 0 fully saturated rings. The van der Waals surface area contributed by atoms with Gasteiger partial charge in [-0.15, -0.1) is 23.7 Å². The van der Waals surface area contributed by atoms with E-state index in [4.69, 9.17) is 11.5 Å². The number of aryl methyl sites for hydroxylation is 1. The van der Waals surface area contributed by atoms with Crippen molar-refractivity contribution in [3.8, 4) is 12.3 Å². The molecule has 0 aromatic carbocycles. The highest BCUT2D eigenvalue weighted by molar-refractivity contribution is 7.11. The molecule has 16 heavy (non-hydrogen) atoms. The van der Waals surface area contributed by atoms with Crippen molar-refractivity contribution < 1.29 is 14.7 Å². The van der Waals surface area contributed by atoms with E-state index in [2.05, 4.69) is 16.2 Å². The molecule has 0 bridgehead atoms. The molecule has 1 atom stereocenters. The number of carbonyl (C=O) groups is 2. The van der Waals surface area contributed by atoms with Crippen LogP contribution in [0.4, 0.5) is 0 Å². The third kappa shape index (κ3) is 2.81. The molecule has 0 saturated carbocycles. The second-order valence-electron chi connectivity index (χ2n) is 3.04. The standard InChI is InChI=1S/C10H10N2O3S/c1-3-4-7(10(14)15)12-9(13)8-6(2)11-5-16-8/h1,5,7H,4H2,2H3,(H,12,13)(H,14,15). The number of aromatic nitrogens is 1. The van der Waals surface area contributed by atoms with Crippen LogP contribution < -0.4 is 5.32 Å². The molecule has 1 unspecified atom stereocenters. The van der Waals surface area contributed by atoms with Crippen molar-refractivity contribution in [1.82, 2.24) is 10.3 Å². The Morgan fingerprint density at radius 2 is 2.44 bits per heavy atom. The third-order valence-corrected chi connectivity index (χ3v) is 2.80. The smallest absolute Gasteiger partial charge is 0.327 e. The highest BCUT2D eigenvalue weighted by Gasteiger charge is 2.21. The molecule has 0 aliphatic heterocycles. The highest BCUT2D eigenvalue weighted by Crippen LogP contribution is 2.12. The first kappa shape index (κ1) is 12.2. The Morgan fingerprint density at radius 3 is 2.88 bits per heavy atom. The van der Waals surface area contributed by atoms with Gasteiger partial charge in [-0.1, -0.05) is 0 Å². The molecule has 6 heteroatoms. The number of rotatable bonds is 4. The number of carboxylic acid groups (broad SMARTS) is 1. The van der Waals surface area contributed by atoms with Gasteiger partial charge in [0.15, 0.2) is 0 Å². The van der Waals surface area contributed by atoms with E-state index in [0.29, 0.717) is 10.6 Å². The summed E-state index contributed by atoms with van der Waals surface area (Å²) in [5.74, 6) is 0.606. The summed E-state index contributed by atoms with van der Waals surface area (Å²) in [7, 11) is 0. The molecule has 1 rings (SSSR count). The Labute approximate surface area is 96.5 Å². The third-order valence-electron chi connectivity index (χ3n) is 1.88. The van der Waals surface area contributed by atoms with E-state index in [1.165, 1.54) is 5.51 Å². The average Bonchev–Trinajstić information content (AvgIpc) is 2.63. The van der Waals surface area contributed by atoms with Crippen LogP contribution in [0.3, 0.4) is 0 Å². The van der Waals surface area contributed by atoms with Gasteiger partial charge in [-0.3, -0.25) is 4.79 Å². The maximum atomic E-state index is 11.6. The van der Waals surface area contributed by atoms with Crippen LogP contribution in [0.5, 0.6) is 0 Å². The van der Waals surface area contributed by atoms with E-state index in [-0.39, 0.29) is 6.42 Å². The lowest BCUT2D eigenvalue weighted by Crippen LogP contribution is -2.40. The number of thiazole rings is 1. The Morgan fingerprint density at radius 1 is 1.75 bits per heavy atom. The minimum Gasteiger partial charge on any atom is -0.480 e. The number of nitrogens with one attached hydrogen (secondary N) is 1. The zero-order valence-electron chi connectivity index (χ0n) is 8.56. The van der Waals surface area contributed by atoms with Gasteiger partial charge in [0, 0.05) is 6.42 Å². The van der Waals surface area contributed by atoms with Crippen LogP contribution in [0, 0.1) is 19.3 Å². The molecule has 0 saturated heterocycles. The van der Waals surface area contributed by atoms with Crippen molar-refractivity contribution >= 4 is 23.2 Å². The van der Waals surface area contributed by atoms with Gasteiger partial charge in [-0.2, -0.15) is 0 Å². The second-order valence-corrected chi connectivity index (χ2v) is 3.89. The minimum absolute atomic E-state index is 0.0427. The van der Waals surface area contributed by atoms with Crippen LogP contribution in [0.1, 0.15) is 21.8 Å². The number of terminal acetylenes is 1. The van der Waals surface area contributed by atoms with Gasteiger partial charge in [-0.25, -0.2) is 9.78 Å². The fourth-order valence-corrected chi connectivity index (χ4v) is 1.77. The van der Waals surface area contributed by atoms with Crippen LogP contribution in [-0.4, -0.2) is 28.0 Å². The summed E-state index contributed by atoms with van der Waals surface area (Å²) in [5, 5.41) is 11.1. The number of amides is 1. The van der Waals surface area contributed by atoms with Crippen LogP contribution in [0.25, 0.3) is 0 Å². The first-order valence-electron chi connectivity index (χ1n) is 4.43. The summed E-state index contributed by atoms with van der Waals surface area (Å²) < 4.78 is 0. The highest BCUT2D eigenvalue weighted by atomic mass is 32.1. The first-order valence-corrected chi connectivity index (χ1v) is 5.31. The number of aliphatic carboxylic acids is 1. The summed E-state index contributed by atoms with van der Waals surface area (Å²) in [4.78, 5) is 26.7. The van der Waals surface area contributed by atoms with Gasteiger partial charge >= 0.3 is 5.97 Å². The van der Waals surface area contributed by atoms with Gasteiger partial charge in [-0.05, 0) is 6.92 Å². The van der Waals surface area contributed by atoms with E-state index < -0.39 is 17.9 Å². The number of hydrogen-bond acceptors (Lipinski definition) is 4. The zero-order valence-corrected chi connectivity index (χ0v) is 9.37. The molecule has 2 N–H and O–H groups in total. The van der Waals surface area contributed by atoms with Crippen LogP contribution in [-0.2, 0) is 4.79 Å². The monoisotopic (exact) mass is 238 g/mol. The van der Waals surface area contributed by atoms with Crippen molar-refractivity contribution in [3.63, 3.8) is 0 Å². The van der Waals surface area contributed by atoms with E-state index in [1.807, 2.05) is 0 Å². The molecule has 84 valence electrons. The van der Waals surface area contributed by atoms with Gasteiger partial charge in [0.2, 0.25) is 0 Å². The second kappa shape index (κ2) is 5.28. The van der Waals surface area contributed by atoms with Crippen molar-refractivity contribution in [2.45, 2.75) is 19.4 Å². The molecule has 5 nitrogen and oxygen atoms in total. The molecule has 0 spiro atoms. The van der Waals surface area contributed by atoms with Crippen LogP contribution in [0.15, 0.2) is 5.51 Å². The minimum atomic E-state index is -1.14. The van der Waals surface area contributed by atoms with Gasteiger partial charge in [0.1, 0.15) is 10.9 Å². The SMILES string of the molecule is C#CCC(NC(=O)c1scnc1C)C(=O)O. The Balaban J connectivity index is 2.74. The molecule has 1 aromatic rings. The van der Waals surface area contributed by atoms with Gasteiger partial charge < -0.3 is 10.4 Å². The van der Waals surface area contributed by atoms with Crippen molar-refractivity contribution in [1.29, 1.82) is 0 Å². The zero-order chi connectivity index (χ0) is 12.1. The van der Waals surface area contributed by atoms with Crippen molar-refractivity contribution in [2.24, 2.45) is 0 Å². The summed E-state index contributed by atoms with van der Waals surface area (Å²) in [6.45, 7) is 1.68. The molecule has 1 amide bonds. The summed E-state index contributed by atoms with van der Waals surface area (Å²) in [6, 6.07) is -1.06. The van der Waals surface area contributed by atoms with Gasteiger partial charge in [0.25, 0.3) is 5.91 Å². The molecule has 1 heterocycles. The largest absolute Gasteiger partial charge is 0.480 e. The number of carbonyl (C=O) groups excluding carboxylic acids is 1. The maximum absolute atomic E-state index is 11.6. The van der Waals surface area contributed by atoms with Crippen molar-refractivity contribution in [2.75, 3.05) is 0 Å². The van der Waals surface area contributed by atoms with E-state index in [0.717, 1.165) is 11.3 Å². The normalized spacial score (nSPS) is 11.5. The number of nitrogens with zero attached hydrogens (tertiary/aromatic N) is 1. The van der Waals surface area contributed by atoms with Crippen LogP contribution >= 0.6 is 11.3 Å². The van der Waals surface area contributed by atoms with Gasteiger partial charge in [0.05, 0.1) is 11.2 Å². The summed E-state index contributed by atoms with van der Waals surface area (Å²) in [6.07, 6.45) is 4.97. The summed E-state index contributed by atoms with van der Waals surface area (Å²) >= 11 is 1.16. The van der Waals surface area contributed by atoms with E-state index in [9.17, 15) is 9.59 Å². The molecule has 0 aliphatic rings. The van der Waals surface area contributed by atoms with E-state index in [1.54, 1.807) is 6.92 Å². The Hall–Kier alpha value is -1.87. The Kier molecular flexibility index (Phi) is 4.03. The molecule has 0 aliphatic carbocycles. The first-order chi connectivity index (χ1) is 7.56. The fraction of sp³-hybridized carbons (Fsp3) is 0.300. The lowest BCUT2D eigenvalue weighted by atomic mass is 10.2. The van der Waals surface area contributed by atoms with Crippen LogP contribution in [0.2, 0.25) is 0 Å². The van der Waals surface area contributed by atoms with E-state index >= 15 is 0 Å². The molecule has 0 radical (unpaired) electrons. The summed E-state index contributed by atoms with van der Waals surface area (Å²) in [5.41, 5.74) is 2.11. The predicted octanol–water partition coefficient (Wildman–Crippen LogP) is 0.658. The lowest BCUT2D eigenvalue weighted by Gasteiger charge is -2.10. The maximum Gasteiger partial charge on any atom is 0.327 e. The average molecular weight is 238 g/mol. The molecule has 1 aromatic heterocycles. The fourth-order valence-electron chi connectivity index (χ4n) is 1.06. The Bertz CT molecular complexity index is 447. The quantitative estimate of drug-likeness (QED) is 0.755. The van der Waals surface area contributed by atoms with Crippen molar-refractivity contribution in [3.05, 3.63) is 16.1 Å². The number of carboxylic acids is 1.